The van der Waals surface area contributed by atoms with Gasteiger partial charge in [0.05, 0.1) is 12.6 Å². The van der Waals surface area contributed by atoms with Gasteiger partial charge < -0.3 is 14.8 Å². The smallest absolute Gasteiger partial charge is 0.287 e. The molecule has 0 aliphatic heterocycles. The van der Waals surface area contributed by atoms with Crippen LogP contribution in [0.1, 0.15) is 24.4 Å². The molecule has 1 aromatic rings. The van der Waals surface area contributed by atoms with E-state index >= 15 is 0 Å². The monoisotopic (exact) mass is 231 g/mol. The summed E-state index contributed by atoms with van der Waals surface area (Å²) in [6.07, 6.45) is 0. The lowest BCUT2D eigenvalue weighted by atomic mass is 10.1. The first-order chi connectivity index (χ1) is 7.04. The van der Waals surface area contributed by atoms with Gasteiger partial charge in [-0.15, -0.1) is 0 Å². The lowest BCUT2D eigenvalue weighted by Gasteiger charge is -2.18. The quantitative estimate of drug-likeness (QED) is 0.829. The van der Waals surface area contributed by atoms with Gasteiger partial charge in [-0.2, -0.15) is 0 Å². The summed E-state index contributed by atoms with van der Waals surface area (Å²) in [4.78, 5) is 11.6. The summed E-state index contributed by atoms with van der Waals surface area (Å²) in [5, 5.41) is 11.9. The van der Waals surface area contributed by atoms with Crippen LogP contribution in [0.5, 0.6) is 0 Å². The van der Waals surface area contributed by atoms with Gasteiger partial charge >= 0.3 is 0 Å². The van der Waals surface area contributed by atoms with E-state index in [1.54, 1.807) is 0 Å². The number of carbonyl (C=O) groups is 1. The minimum Gasteiger partial charge on any atom is -0.440 e. The van der Waals surface area contributed by atoms with Crippen molar-refractivity contribution in [1.29, 1.82) is 0 Å². The van der Waals surface area contributed by atoms with E-state index in [0.29, 0.717) is 0 Å². The van der Waals surface area contributed by atoms with Gasteiger partial charge in [-0.05, 0) is 29.7 Å². The van der Waals surface area contributed by atoms with Crippen molar-refractivity contribution >= 4 is 17.5 Å². The second-order valence-corrected chi connectivity index (χ2v) is 3.98. The van der Waals surface area contributed by atoms with Crippen LogP contribution in [0, 0.1) is 5.92 Å². The molecule has 1 aromatic heterocycles. The molecule has 4 nitrogen and oxygen atoms in total. The van der Waals surface area contributed by atoms with Crippen LogP contribution in [0.4, 0.5) is 0 Å². The molecule has 15 heavy (non-hydrogen) atoms. The summed E-state index contributed by atoms with van der Waals surface area (Å²) in [7, 11) is 0. The average Bonchev–Trinajstić information content (AvgIpc) is 2.60. The average molecular weight is 232 g/mol. The molecule has 1 atom stereocenters. The molecule has 1 amide bonds. The molecule has 1 rings (SSSR count). The maximum atomic E-state index is 11.6. The van der Waals surface area contributed by atoms with Gasteiger partial charge in [0, 0.05) is 0 Å². The normalized spacial score (nSPS) is 12.9. The van der Waals surface area contributed by atoms with Crippen molar-refractivity contribution in [3.8, 4) is 0 Å². The molecule has 2 N–H and O–H groups in total. The number of aliphatic hydroxyl groups is 1. The van der Waals surface area contributed by atoms with Gasteiger partial charge in [-0.25, -0.2) is 0 Å². The molecule has 0 aliphatic rings. The molecule has 0 bridgehead atoms. The van der Waals surface area contributed by atoms with Gasteiger partial charge in [-0.1, -0.05) is 13.8 Å². The topological polar surface area (TPSA) is 62.5 Å². The van der Waals surface area contributed by atoms with Crippen LogP contribution in [0.2, 0.25) is 5.22 Å². The molecule has 1 heterocycles. The largest absolute Gasteiger partial charge is 0.440 e. The van der Waals surface area contributed by atoms with Crippen molar-refractivity contribution < 1.29 is 14.3 Å². The van der Waals surface area contributed by atoms with Gasteiger partial charge in [0.2, 0.25) is 0 Å². The number of aliphatic hydroxyl groups excluding tert-OH is 1. The molecule has 0 aliphatic carbocycles. The third-order valence-electron chi connectivity index (χ3n) is 2.11. The highest BCUT2D eigenvalue weighted by Gasteiger charge is 2.18. The highest BCUT2D eigenvalue weighted by molar-refractivity contribution is 6.29. The van der Waals surface area contributed by atoms with E-state index in [2.05, 4.69) is 5.32 Å². The Kier molecular flexibility index (Phi) is 4.17. The van der Waals surface area contributed by atoms with Gasteiger partial charge in [-0.3, -0.25) is 4.79 Å². The van der Waals surface area contributed by atoms with E-state index in [9.17, 15) is 4.79 Å². The second-order valence-electron chi connectivity index (χ2n) is 3.61. The van der Waals surface area contributed by atoms with Crippen molar-refractivity contribution in [3.05, 3.63) is 23.1 Å². The molecule has 0 radical (unpaired) electrons. The van der Waals surface area contributed by atoms with E-state index in [1.807, 2.05) is 13.8 Å². The Morgan fingerprint density at radius 2 is 2.27 bits per heavy atom. The standard InChI is InChI=1S/C10H14ClNO3/c1-6(2)7(5-13)12-10(14)8-3-4-9(11)15-8/h3-4,6-7,13H,5H2,1-2H3,(H,12,14)/t7-/m1/s1. The third-order valence-corrected chi connectivity index (χ3v) is 2.32. The zero-order valence-corrected chi connectivity index (χ0v) is 9.41. The molecule has 5 heteroatoms. The second kappa shape index (κ2) is 5.19. The summed E-state index contributed by atoms with van der Waals surface area (Å²) < 4.78 is 4.94. The van der Waals surface area contributed by atoms with Crippen molar-refractivity contribution in [1.82, 2.24) is 5.32 Å². The number of hydrogen-bond acceptors (Lipinski definition) is 3. The molecule has 0 aromatic carbocycles. The van der Waals surface area contributed by atoms with E-state index in [4.69, 9.17) is 21.1 Å². The first-order valence-electron chi connectivity index (χ1n) is 4.71. The highest BCUT2D eigenvalue weighted by atomic mass is 35.5. The van der Waals surface area contributed by atoms with Crippen LogP contribution in [-0.2, 0) is 0 Å². The molecule has 0 saturated heterocycles. The molecular weight excluding hydrogens is 218 g/mol. The van der Waals surface area contributed by atoms with Crippen molar-refractivity contribution in [2.24, 2.45) is 5.92 Å². The van der Waals surface area contributed by atoms with E-state index in [-0.39, 0.29) is 35.5 Å². The van der Waals surface area contributed by atoms with Crippen LogP contribution >= 0.6 is 11.6 Å². The Morgan fingerprint density at radius 3 is 2.67 bits per heavy atom. The number of furan rings is 1. The summed E-state index contributed by atoms with van der Waals surface area (Å²) in [5.74, 6) is -0.0573. The van der Waals surface area contributed by atoms with Crippen molar-refractivity contribution in [2.75, 3.05) is 6.61 Å². The summed E-state index contributed by atoms with van der Waals surface area (Å²) in [6, 6.07) is 2.72. The lowest BCUT2D eigenvalue weighted by Crippen LogP contribution is -2.40. The number of nitrogens with one attached hydrogen (secondary N) is 1. The number of amides is 1. The first-order valence-corrected chi connectivity index (χ1v) is 5.09. The summed E-state index contributed by atoms with van der Waals surface area (Å²) in [5.41, 5.74) is 0. The van der Waals surface area contributed by atoms with Gasteiger partial charge in [0.25, 0.3) is 5.91 Å². The Labute approximate surface area is 93.2 Å². The Balaban J connectivity index is 2.62. The van der Waals surface area contributed by atoms with E-state index in [0.717, 1.165) is 0 Å². The number of carbonyl (C=O) groups excluding carboxylic acids is 1. The Bertz CT molecular complexity index is 335. The Morgan fingerprint density at radius 1 is 1.60 bits per heavy atom. The fraction of sp³-hybridized carbons (Fsp3) is 0.500. The maximum Gasteiger partial charge on any atom is 0.287 e. The highest BCUT2D eigenvalue weighted by Crippen LogP contribution is 2.13. The summed E-state index contributed by atoms with van der Waals surface area (Å²) in [6.45, 7) is 3.73. The third kappa shape index (κ3) is 3.25. The van der Waals surface area contributed by atoms with Crippen LogP contribution in [0.25, 0.3) is 0 Å². The van der Waals surface area contributed by atoms with Crippen molar-refractivity contribution in [3.63, 3.8) is 0 Å². The number of hydrogen-bond donors (Lipinski definition) is 2. The molecule has 0 fully saturated rings. The van der Waals surface area contributed by atoms with Crippen LogP contribution in [-0.4, -0.2) is 23.7 Å². The van der Waals surface area contributed by atoms with Gasteiger partial charge in [0.15, 0.2) is 11.0 Å². The van der Waals surface area contributed by atoms with Crippen LogP contribution in [0.15, 0.2) is 16.5 Å². The SMILES string of the molecule is CC(C)[C@@H](CO)NC(=O)c1ccc(Cl)o1. The van der Waals surface area contributed by atoms with Crippen LogP contribution < -0.4 is 5.32 Å². The molecule has 0 unspecified atom stereocenters. The lowest BCUT2D eigenvalue weighted by molar-refractivity contribution is 0.0869. The Hall–Kier alpha value is -1.00. The molecule has 0 spiro atoms. The zero-order valence-electron chi connectivity index (χ0n) is 8.66. The van der Waals surface area contributed by atoms with Gasteiger partial charge in [0.1, 0.15) is 0 Å². The molecule has 84 valence electrons. The molecular formula is C10H14ClNO3. The van der Waals surface area contributed by atoms with E-state index < -0.39 is 0 Å². The predicted molar refractivity (Wildman–Crippen MR) is 56.9 cm³/mol. The minimum absolute atomic E-state index is 0.0994. The van der Waals surface area contributed by atoms with Crippen LogP contribution in [0.3, 0.4) is 0 Å². The van der Waals surface area contributed by atoms with E-state index in [1.165, 1.54) is 12.1 Å². The number of rotatable bonds is 4. The maximum absolute atomic E-state index is 11.6. The zero-order chi connectivity index (χ0) is 11.4. The predicted octanol–water partition coefficient (Wildman–Crippen LogP) is 1.68. The molecule has 0 saturated carbocycles. The fourth-order valence-corrected chi connectivity index (χ4v) is 1.25. The minimum atomic E-state index is -0.366. The first kappa shape index (κ1) is 12.1. The van der Waals surface area contributed by atoms with Crippen molar-refractivity contribution in [2.45, 2.75) is 19.9 Å². The fourth-order valence-electron chi connectivity index (χ4n) is 1.10. The summed E-state index contributed by atoms with van der Waals surface area (Å²) >= 11 is 5.54. The number of halogens is 1.